The van der Waals surface area contributed by atoms with Gasteiger partial charge in [-0.25, -0.2) is 18.4 Å². The summed E-state index contributed by atoms with van der Waals surface area (Å²) in [6.45, 7) is 3.11. The van der Waals surface area contributed by atoms with Crippen LogP contribution in [0.25, 0.3) is 0 Å². The molecule has 2 aromatic rings. The molecule has 238 valence electrons. The van der Waals surface area contributed by atoms with E-state index >= 15 is 0 Å². The third-order valence-corrected chi connectivity index (χ3v) is 10.7. The Balaban J connectivity index is 1.69. The number of carbonyl (C=O) groups excluding carboxylic acids is 1. The molecule has 2 saturated heterocycles. The van der Waals surface area contributed by atoms with E-state index in [1.807, 2.05) is 0 Å². The third kappa shape index (κ3) is 5.87. The van der Waals surface area contributed by atoms with Gasteiger partial charge in [0, 0.05) is 63.3 Å². The number of halogens is 6. The van der Waals surface area contributed by atoms with E-state index in [1.165, 1.54) is 4.90 Å². The van der Waals surface area contributed by atoms with E-state index in [2.05, 4.69) is 15.3 Å². The van der Waals surface area contributed by atoms with Crippen molar-refractivity contribution in [1.29, 1.82) is 0 Å². The van der Waals surface area contributed by atoms with Crippen molar-refractivity contribution >= 4 is 38.2 Å². The largest absolute Gasteiger partial charge is 0.430 e. The molecule has 0 aromatic carbocycles. The van der Waals surface area contributed by atoms with E-state index in [-0.39, 0.29) is 61.2 Å². The summed E-state index contributed by atoms with van der Waals surface area (Å²) in [5.74, 6) is -0.667. The molecule has 2 aliphatic heterocycles. The summed E-state index contributed by atoms with van der Waals surface area (Å²) < 4.78 is 107. The highest BCUT2D eigenvalue weighted by Gasteiger charge is 2.71. The van der Waals surface area contributed by atoms with E-state index in [9.17, 15) is 54.8 Å². The highest BCUT2D eigenvalue weighted by molar-refractivity contribution is 7.91. The summed E-state index contributed by atoms with van der Waals surface area (Å²) in [4.78, 5) is 33.3. The summed E-state index contributed by atoms with van der Waals surface area (Å²) in [6, 6.07) is 1.25. The minimum Gasteiger partial charge on any atom is -0.369 e. The predicted molar refractivity (Wildman–Crippen MR) is 138 cm³/mol. The highest BCUT2D eigenvalue weighted by atomic mass is 32.2. The average molecular weight is 662 g/mol. The van der Waals surface area contributed by atoms with Crippen LogP contribution < -0.4 is 10.2 Å². The molecular weight excluding hydrogens is 636 g/mol. The molecule has 0 unspecified atom stereocenters. The Morgan fingerprint density at radius 3 is 2.26 bits per heavy atom. The first kappa shape index (κ1) is 32.8. The molecule has 1 atom stereocenters. The zero-order valence-electron chi connectivity index (χ0n) is 22.4. The number of piperazine rings is 2. The molecule has 0 saturated carbocycles. The minimum absolute atomic E-state index is 0.00280. The lowest BCUT2D eigenvalue weighted by Gasteiger charge is -2.47. The number of amides is 1. The normalized spacial score (nSPS) is 21.1. The van der Waals surface area contributed by atoms with Gasteiger partial charge in [-0.2, -0.15) is 30.6 Å². The van der Waals surface area contributed by atoms with Crippen molar-refractivity contribution in [1.82, 2.24) is 24.5 Å². The smallest absolute Gasteiger partial charge is 0.369 e. The molecule has 21 heteroatoms. The lowest BCUT2D eigenvalue weighted by molar-refractivity contribution is -0.380. The average Bonchev–Trinajstić information content (AvgIpc) is 3.42. The molecule has 2 aliphatic rings. The Labute approximate surface area is 244 Å². The Kier molecular flexibility index (Phi) is 8.45. The lowest BCUT2D eigenvalue weighted by Crippen LogP contribution is -2.66. The second-order valence-corrected chi connectivity index (χ2v) is 13.5. The third-order valence-electron chi connectivity index (χ3n) is 7.36. The Morgan fingerprint density at radius 2 is 1.72 bits per heavy atom. The van der Waals surface area contributed by atoms with Gasteiger partial charge in [0.1, 0.15) is 4.21 Å². The molecule has 0 spiro atoms. The number of nitrogens with zero attached hydrogens (tertiary/aromatic N) is 6. The summed E-state index contributed by atoms with van der Waals surface area (Å²) in [5, 5.41) is 23.1. The molecule has 0 bridgehead atoms. The molecule has 0 radical (unpaired) electrons. The number of hydrogen-bond donors (Lipinski definition) is 2. The number of thiophene rings is 1. The lowest BCUT2D eigenvalue weighted by atomic mass is 9.95. The van der Waals surface area contributed by atoms with Crippen LogP contribution in [0.15, 0.2) is 28.7 Å². The van der Waals surface area contributed by atoms with Crippen molar-refractivity contribution in [2.45, 2.75) is 47.6 Å². The van der Waals surface area contributed by atoms with Gasteiger partial charge >= 0.3 is 17.4 Å². The van der Waals surface area contributed by atoms with Crippen molar-refractivity contribution in [2.75, 3.05) is 44.2 Å². The number of carbonyl (C=O) groups is 1. The molecule has 0 aliphatic carbocycles. The minimum atomic E-state index is -6.14. The van der Waals surface area contributed by atoms with E-state index < -0.39 is 55.0 Å². The number of nitrogens with one attached hydrogen (secondary N) is 1. The molecule has 4 heterocycles. The maximum absolute atomic E-state index is 13.4. The van der Waals surface area contributed by atoms with Gasteiger partial charge in [-0.3, -0.25) is 19.8 Å². The summed E-state index contributed by atoms with van der Waals surface area (Å²) in [6.07, 6.45) is -11.9. The molecule has 43 heavy (non-hydrogen) atoms. The van der Waals surface area contributed by atoms with Crippen LogP contribution >= 0.6 is 11.3 Å². The first-order valence-corrected chi connectivity index (χ1v) is 14.7. The van der Waals surface area contributed by atoms with Gasteiger partial charge in [0.05, 0.1) is 16.5 Å². The number of aromatic nitrogens is 2. The molecule has 2 N–H and O–H groups in total. The molecule has 2 fully saturated rings. The van der Waals surface area contributed by atoms with E-state index in [1.54, 1.807) is 18.7 Å². The van der Waals surface area contributed by atoms with Crippen LogP contribution in [-0.2, 0) is 20.4 Å². The van der Waals surface area contributed by atoms with Gasteiger partial charge in [0.15, 0.2) is 0 Å². The van der Waals surface area contributed by atoms with Crippen LogP contribution in [0.5, 0.6) is 0 Å². The van der Waals surface area contributed by atoms with Crippen LogP contribution in [0.1, 0.15) is 19.4 Å². The Bertz CT molecular complexity index is 1470. The van der Waals surface area contributed by atoms with Crippen molar-refractivity contribution < 1.29 is 49.6 Å². The summed E-state index contributed by atoms with van der Waals surface area (Å²) >= 11 is 0.446. The van der Waals surface area contributed by atoms with Crippen LogP contribution in [0.3, 0.4) is 0 Å². The molecule has 4 rings (SSSR count). The predicted octanol–water partition coefficient (Wildman–Crippen LogP) is 1.85. The second kappa shape index (κ2) is 11.1. The monoisotopic (exact) mass is 661 g/mol. The fourth-order valence-electron chi connectivity index (χ4n) is 4.80. The summed E-state index contributed by atoms with van der Waals surface area (Å²) in [7, 11) is -4.25. The topological polar surface area (TPSA) is 162 Å². The first-order valence-electron chi connectivity index (χ1n) is 12.4. The SMILES string of the molecule is CC1(C)C(=O)NCCN1C[C@H]1CN(S(=O)(=O)c2ccc([N+](=O)[O-])s2)CCN1c1ncc(C(O)(C(F)(F)F)C(F)(F)F)cn1. The number of hydrogen-bond acceptors (Lipinski definition) is 11. The van der Waals surface area contributed by atoms with Crippen molar-refractivity contribution in [3.8, 4) is 0 Å². The van der Waals surface area contributed by atoms with Gasteiger partial charge < -0.3 is 15.3 Å². The van der Waals surface area contributed by atoms with Crippen LogP contribution in [0, 0.1) is 10.1 Å². The number of anilines is 1. The number of aliphatic hydroxyl groups is 1. The summed E-state index contributed by atoms with van der Waals surface area (Å²) in [5.41, 5.74) is -7.97. The Morgan fingerprint density at radius 1 is 1.12 bits per heavy atom. The van der Waals surface area contributed by atoms with E-state index in [0.29, 0.717) is 17.9 Å². The fourth-order valence-corrected chi connectivity index (χ4v) is 7.53. The molecule has 13 nitrogen and oxygen atoms in total. The van der Waals surface area contributed by atoms with Gasteiger partial charge in [-0.1, -0.05) is 0 Å². The number of alkyl halides is 6. The maximum Gasteiger partial charge on any atom is 0.430 e. The van der Waals surface area contributed by atoms with E-state index in [4.69, 9.17) is 0 Å². The highest BCUT2D eigenvalue weighted by Crippen LogP contribution is 2.49. The maximum atomic E-state index is 13.4. The fraction of sp³-hybridized carbons (Fsp3) is 0.591. The first-order chi connectivity index (χ1) is 19.7. The zero-order valence-corrected chi connectivity index (χ0v) is 24.0. The molecular formula is C22H25F6N7O6S2. The quantitative estimate of drug-likeness (QED) is 0.255. The molecule has 1 amide bonds. The van der Waals surface area contributed by atoms with Gasteiger partial charge in [-0.05, 0) is 31.3 Å². The number of rotatable bonds is 7. The van der Waals surface area contributed by atoms with E-state index in [0.717, 1.165) is 16.4 Å². The van der Waals surface area contributed by atoms with Crippen molar-refractivity contribution in [3.63, 3.8) is 0 Å². The van der Waals surface area contributed by atoms with Crippen LogP contribution in [0.4, 0.5) is 37.3 Å². The second-order valence-electron chi connectivity index (χ2n) is 10.3. The van der Waals surface area contributed by atoms with Crippen molar-refractivity contribution in [2.24, 2.45) is 0 Å². The van der Waals surface area contributed by atoms with Crippen LogP contribution in [-0.4, -0.2) is 107 Å². The van der Waals surface area contributed by atoms with Gasteiger partial charge in [0.25, 0.3) is 15.6 Å². The molecule has 2 aromatic heterocycles. The van der Waals surface area contributed by atoms with Crippen LogP contribution in [0.2, 0.25) is 0 Å². The van der Waals surface area contributed by atoms with Gasteiger partial charge in [0.2, 0.25) is 11.9 Å². The van der Waals surface area contributed by atoms with Gasteiger partial charge in [-0.15, -0.1) is 0 Å². The zero-order chi connectivity index (χ0) is 32.2. The number of nitro groups is 1. The van der Waals surface area contributed by atoms with Crippen molar-refractivity contribution in [3.05, 3.63) is 40.2 Å². The standard InChI is InChI=1S/C22H25F6N7O6S2/c1-19(2)17(36)29-5-6-32(19)11-14-12-33(43(40,41)16-4-3-15(42-16)35(38)39)7-8-34(14)18-30-9-13(10-31-18)20(37,21(23,24)25)22(26,27)28/h3-4,9-10,14,37H,5-8,11-12H2,1-2H3,(H,29,36)/t14-/m0/s1. The Hall–Kier alpha value is -3.14. The number of sulfonamides is 1.